The standard InChI is InChI=1S/C14H16O3/c1-11(14-4-3-9-16-14)17-10-12-5-7-13(15-2)8-6-12/h3-9,11H,10H2,1-2H3. The summed E-state index contributed by atoms with van der Waals surface area (Å²) in [5.41, 5.74) is 1.12. The molecular weight excluding hydrogens is 216 g/mol. The molecule has 2 aromatic rings. The van der Waals surface area contributed by atoms with Gasteiger partial charge in [-0.1, -0.05) is 12.1 Å². The molecule has 3 heteroatoms. The summed E-state index contributed by atoms with van der Waals surface area (Å²) in [7, 11) is 1.66. The van der Waals surface area contributed by atoms with Gasteiger partial charge in [0.1, 0.15) is 17.6 Å². The second-order valence-electron chi connectivity index (χ2n) is 3.82. The van der Waals surface area contributed by atoms with Crippen LogP contribution in [-0.2, 0) is 11.3 Å². The summed E-state index contributed by atoms with van der Waals surface area (Å²) in [5.74, 6) is 1.70. The summed E-state index contributed by atoms with van der Waals surface area (Å²) >= 11 is 0. The zero-order valence-corrected chi connectivity index (χ0v) is 10.1. The van der Waals surface area contributed by atoms with Gasteiger partial charge in [0.05, 0.1) is 20.0 Å². The number of benzene rings is 1. The molecule has 2 rings (SSSR count). The number of furan rings is 1. The van der Waals surface area contributed by atoms with Crippen LogP contribution in [0.4, 0.5) is 0 Å². The molecule has 0 aliphatic heterocycles. The molecule has 0 radical (unpaired) electrons. The van der Waals surface area contributed by atoms with Gasteiger partial charge in [0.2, 0.25) is 0 Å². The highest BCUT2D eigenvalue weighted by atomic mass is 16.5. The van der Waals surface area contributed by atoms with Crippen molar-refractivity contribution < 1.29 is 13.9 Å². The first-order valence-electron chi connectivity index (χ1n) is 5.57. The normalized spacial score (nSPS) is 12.4. The molecule has 0 aliphatic rings. The summed E-state index contributed by atoms with van der Waals surface area (Å²) in [6.45, 7) is 2.54. The Morgan fingerprint density at radius 1 is 1.18 bits per heavy atom. The van der Waals surface area contributed by atoms with Gasteiger partial charge in [-0.3, -0.25) is 0 Å². The molecule has 0 amide bonds. The Balaban J connectivity index is 1.89. The van der Waals surface area contributed by atoms with Crippen LogP contribution in [0.3, 0.4) is 0 Å². The molecule has 90 valence electrons. The van der Waals surface area contributed by atoms with E-state index in [2.05, 4.69) is 0 Å². The molecule has 1 atom stereocenters. The van der Waals surface area contributed by atoms with Crippen molar-refractivity contribution in [2.45, 2.75) is 19.6 Å². The van der Waals surface area contributed by atoms with E-state index < -0.39 is 0 Å². The lowest BCUT2D eigenvalue weighted by Gasteiger charge is -2.10. The third-order valence-electron chi connectivity index (χ3n) is 2.60. The quantitative estimate of drug-likeness (QED) is 0.789. The van der Waals surface area contributed by atoms with Gasteiger partial charge in [0.25, 0.3) is 0 Å². The Morgan fingerprint density at radius 3 is 2.53 bits per heavy atom. The van der Waals surface area contributed by atoms with E-state index in [1.807, 2.05) is 43.3 Å². The Bertz CT molecular complexity index is 431. The number of ether oxygens (including phenoxy) is 2. The molecule has 0 aliphatic carbocycles. The Labute approximate surface area is 101 Å². The zero-order chi connectivity index (χ0) is 12.1. The molecular formula is C14H16O3. The fraction of sp³-hybridized carbons (Fsp3) is 0.286. The number of hydrogen-bond donors (Lipinski definition) is 0. The molecule has 0 saturated carbocycles. The summed E-state index contributed by atoms with van der Waals surface area (Å²) in [5, 5.41) is 0. The monoisotopic (exact) mass is 232 g/mol. The van der Waals surface area contributed by atoms with Crippen LogP contribution in [0.2, 0.25) is 0 Å². The van der Waals surface area contributed by atoms with Crippen molar-refractivity contribution in [3.05, 3.63) is 54.0 Å². The van der Waals surface area contributed by atoms with Crippen molar-refractivity contribution in [1.82, 2.24) is 0 Å². The molecule has 0 fully saturated rings. The number of methoxy groups -OCH3 is 1. The van der Waals surface area contributed by atoms with E-state index in [4.69, 9.17) is 13.9 Å². The van der Waals surface area contributed by atoms with E-state index in [0.717, 1.165) is 17.1 Å². The second kappa shape index (κ2) is 5.55. The number of hydrogen-bond acceptors (Lipinski definition) is 3. The largest absolute Gasteiger partial charge is 0.497 e. The molecule has 3 nitrogen and oxygen atoms in total. The molecule has 1 aromatic heterocycles. The smallest absolute Gasteiger partial charge is 0.132 e. The Kier molecular flexibility index (Phi) is 3.83. The van der Waals surface area contributed by atoms with Crippen LogP contribution in [0.25, 0.3) is 0 Å². The van der Waals surface area contributed by atoms with Crippen molar-refractivity contribution in [3.8, 4) is 5.75 Å². The minimum Gasteiger partial charge on any atom is -0.497 e. The minimum atomic E-state index is -0.0351. The fourth-order valence-electron chi connectivity index (χ4n) is 1.55. The molecule has 1 heterocycles. The van der Waals surface area contributed by atoms with Crippen molar-refractivity contribution in [2.75, 3.05) is 7.11 Å². The van der Waals surface area contributed by atoms with E-state index in [1.165, 1.54) is 0 Å². The highest BCUT2D eigenvalue weighted by molar-refractivity contribution is 5.26. The van der Waals surface area contributed by atoms with Crippen LogP contribution in [0.5, 0.6) is 5.75 Å². The van der Waals surface area contributed by atoms with Gasteiger partial charge >= 0.3 is 0 Å². The van der Waals surface area contributed by atoms with Crippen molar-refractivity contribution in [2.24, 2.45) is 0 Å². The first kappa shape index (κ1) is 11.7. The maximum atomic E-state index is 5.71. The SMILES string of the molecule is COc1ccc(COC(C)c2ccco2)cc1. The van der Waals surface area contributed by atoms with Crippen LogP contribution < -0.4 is 4.74 Å². The fourth-order valence-corrected chi connectivity index (χ4v) is 1.55. The van der Waals surface area contributed by atoms with Crippen LogP contribution in [0.15, 0.2) is 47.1 Å². The van der Waals surface area contributed by atoms with Crippen LogP contribution in [-0.4, -0.2) is 7.11 Å². The van der Waals surface area contributed by atoms with Gasteiger partial charge < -0.3 is 13.9 Å². The molecule has 0 N–H and O–H groups in total. The molecule has 0 bridgehead atoms. The average molecular weight is 232 g/mol. The van der Waals surface area contributed by atoms with Gasteiger partial charge in [-0.05, 0) is 36.8 Å². The molecule has 1 aromatic carbocycles. The Hall–Kier alpha value is -1.74. The minimum absolute atomic E-state index is 0.0351. The zero-order valence-electron chi connectivity index (χ0n) is 10.1. The van der Waals surface area contributed by atoms with Crippen LogP contribution in [0.1, 0.15) is 24.4 Å². The summed E-state index contributed by atoms with van der Waals surface area (Å²) in [4.78, 5) is 0. The van der Waals surface area contributed by atoms with E-state index >= 15 is 0 Å². The van der Waals surface area contributed by atoms with Gasteiger partial charge in [-0.2, -0.15) is 0 Å². The summed E-state index contributed by atoms with van der Waals surface area (Å²) < 4.78 is 16.1. The van der Waals surface area contributed by atoms with Crippen LogP contribution in [0, 0.1) is 0 Å². The lowest BCUT2D eigenvalue weighted by Crippen LogP contribution is -1.99. The first-order valence-corrected chi connectivity index (χ1v) is 5.57. The van der Waals surface area contributed by atoms with Gasteiger partial charge in [-0.25, -0.2) is 0 Å². The predicted molar refractivity (Wildman–Crippen MR) is 64.9 cm³/mol. The van der Waals surface area contributed by atoms with Crippen molar-refractivity contribution in [3.63, 3.8) is 0 Å². The maximum absolute atomic E-state index is 5.71. The molecule has 0 saturated heterocycles. The highest BCUT2D eigenvalue weighted by Crippen LogP contribution is 2.19. The van der Waals surface area contributed by atoms with E-state index in [0.29, 0.717) is 6.61 Å². The topological polar surface area (TPSA) is 31.6 Å². The van der Waals surface area contributed by atoms with Crippen molar-refractivity contribution in [1.29, 1.82) is 0 Å². The van der Waals surface area contributed by atoms with Gasteiger partial charge in [0.15, 0.2) is 0 Å². The lowest BCUT2D eigenvalue weighted by molar-refractivity contribution is 0.0381. The second-order valence-corrected chi connectivity index (χ2v) is 3.82. The molecule has 0 spiro atoms. The molecule has 1 unspecified atom stereocenters. The van der Waals surface area contributed by atoms with Gasteiger partial charge in [-0.15, -0.1) is 0 Å². The summed E-state index contributed by atoms with van der Waals surface area (Å²) in [6.07, 6.45) is 1.62. The number of rotatable bonds is 5. The van der Waals surface area contributed by atoms with Crippen molar-refractivity contribution >= 4 is 0 Å². The third-order valence-corrected chi connectivity index (χ3v) is 2.60. The van der Waals surface area contributed by atoms with Crippen LogP contribution >= 0.6 is 0 Å². The van der Waals surface area contributed by atoms with Gasteiger partial charge in [0, 0.05) is 0 Å². The molecule has 17 heavy (non-hydrogen) atoms. The predicted octanol–water partition coefficient (Wildman–Crippen LogP) is 3.57. The lowest BCUT2D eigenvalue weighted by atomic mass is 10.2. The van der Waals surface area contributed by atoms with E-state index in [1.54, 1.807) is 13.4 Å². The highest BCUT2D eigenvalue weighted by Gasteiger charge is 2.08. The summed E-state index contributed by atoms with van der Waals surface area (Å²) in [6, 6.07) is 11.6. The third kappa shape index (κ3) is 3.11. The first-order chi connectivity index (χ1) is 8.29. The van der Waals surface area contributed by atoms with E-state index in [-0.39, 0.29) is 6.10 Å². The Morgan fingerprint density at radius 2 is 1.94 bits per heavy atom. The van der Waals surface area contributed by atoms with E-state index in [9.17, 15) is 0 Å². The maximum Gasteiger partial charge on any atom is 0.132 e. The average Bonchev–Trinajstić information content (AvgIpc) is 2.90.